The lowest BCUT2D eigenvalue weighted by atomic mass is 10.2. The van der Waals surface area contributed by atoms with Crippen molar-refractivity contribution in [2.24, 2.45) is 0 Å². The van der Waals surface area contributed by atoms with Crippen LogP contribution in [0.5, 0.6) is 0 Å². The molecule has 1 aromatic carbocycles. The number of rotatable bonds is 0. The fourth-order valence-corrected chi connectivity index (χ4v) is 1.51. The number of aromatic nitrogens is 2. The van der Waals surface area contributed by atoms with Crippen LogP contribution in [0.2, 0.25) is 0 Å². The summed E-state index contributed by atoms with van der Waals surface area (Å²) in [7, 11) is 0. The first-order valence-corrected chi connectivity index (χ1v) is 4.08. The monoisotopic (exact) mass is 250 g/mol. The topological polar surface area (TPSA) is 40.2 Å². The third-order valence-corrected chi connectivity index (χ3v) is 2.13. The van der Waals surface area contributed by atoms with Gasteiger partial charge in [-0.1, -0.05) is 0 Å². The van der Waals surface area contributed by atoms with Crippen molar-refractivity contribution in [1.29, 1.82) is 0 Å². The standard InChI is InChI=1S/C10H6N2O.BrH/c1-2-7-3-4-8-10(13-6-12-8)9(7)11-5-1;/h1-6H;1H. The number of H-pyrrole nitrogens is 1. The Hall–Kier alpha value is -1.42. The van der Waals surface area contributed by atoms with Gasteiger partial charge in [0.25, 0.3) is 5.52 Å². The zero-order valence-electron chi connectivity index (χ0n) is 7.20. The maximum Gasteiger partial charge on any atom is 0.256 e. The molecule has 0 aliphatic rings. The van der Waals surface area contributed by atoms with E-state index >= 15 is 0 Å². The summed E-state index contributed by atoms with van der Waals surface area (Å²) in [5.74, 6) is 0. The van der Waals surface area contributed by atoms with Crippen LogP contribution in [0.1, 0.15) is 0 Å². The number of fused-ring (bicyclic) bond motifs is 3. The molecule has 3 rings (SSSR count). The van der Waals surface area contributed by atoms with Gasteiger partial charge in [-0.3, -0.25) is 0 Å². The summed E-state index contributed by atoms with van der Waals surface area (Å²) in [5.41, 5.74) is 2.70. The number of halogens is 1. The van der Waals surface area contributed by atoms with E-state index in [0.29, 0.717) is 0 Å². The molecule has 0 saturated heterocycles. The molecule has 0 spiro atoms. The van der Waals surface area contributed by atoms with Gasteiger partial charge in [0.05, 0.1) is 5.39 Å². The van der Waals surface area contributed by atoms with Crippen LogP contribution in [-0.4, -0.2) is 4.98 Å². The molecule has 1 N–H and O–H groups in total. The molecule has 0 aliphatic heterocycles. The van der Waals surface area contributed by atoms with Gasteiger partial charge in [-0.15, -0.1) is 0 Å². The minimum absolute atomic E-state index is 0. The normalized spacial score (nSPS) is 10.3. The molecule has 0 bridgehead atoms. The van der Waals surface area contributed by atoms with Crippen LogP contribution in [0.25, 0.3) is 22.0 Å². The second-order valence-corrected chi connectivity index (χ2v) is 2.90. The number of benzene rings is 1. The summed E-state index contributed by atoms with van der Waals surface area (Å²) in [6, 6.07) is 7.98. The Morgan fingerprint density at radius 3 is 3.07 bits per heavy atom. The zero-order chi connectivity index (χ0) is 8.67. The van der Waals surface area contributed by atoms with Crippen LogP contribution in [0.15, 0.2) is 41.3 Å². The van der Waals surface area contributed by atoms with Crippen LogP contribution in [0.3, 0.4) is 0 Å². The molecule has 0 radical (unpaired) electrons. The summed E-state index contributed by atoms with van der Waals surface area (Å²) in [4.78, 5) is 7.23. The van der Waals surface area contributed by atoms with Gasteiger partial charge in [-0.2, -0.15) is 0 Å². The average Bonchev–Trinajstić information content (AvgIpc) is 2.65. The summed E-state index contributed by atoms with van der Waals surface area (Å²) in [5, 5.41) is 1.13. The molecule has 0 atom stereocenters. The van der Waals surface area contributed by atoms with E-state index in [0.717, 1.165) is 22.0 Å². The van der Waals surface area contributed by atoms with Gasteiger partial charge in [0, 0.05) is 6.07 Å². The van der Waals surface area contributed by atoms with E-state index in [1.807, 2.05) is 30.5 Å². The van der Waals surface area contributed by atoms with Crippen molar-refractivity contribution >= 4 is 22.0 Å². The highest BCUT2D eigenvalue weighted by molar-refractivity contribution is 5.97. The molecule has 2 aromatic heterocycles. The summed E-state index contributed by atoms with van der Waals surface area (Å²) in [6.07, 6.45) is 3.34. The largest absolute Gasteiger partial charge is 1.00 e. The summed E-state index contributed by atoms with van der Waals surface area (Å²) in [6.45, 7) is 0. The summed E-state index contributed by atoms with van der Waals surface area (Å²) < 4.78 is 5.29. The van der Waals surface area contributed by atoms with Crippen molar-refractivity contribution in [3.63, 3.8) is 0 Å². The Balaban J connectivity index is 0.000000750. The van der Waals surface area contributed by atoms with Crippen molar-refractivity contribution in [3.05, 3.63) is 36.9 Å². The molecular weight excluding hydrogens is 244 g/mol. The third-order valence-electron chi connectivity index (χ3n) is 2.13. The number of nitrogens with one attached hydrogen (secondary N) is 1. The lowest BCUT2D eigenvalue weighted by Crippen LogP contribution is -3.00. The zero-order valence-corrected chi connectivity index (χ0v) is 8.78. The quantitative estimate of drug-likeness (QED) is 0.503. The maximum absolute atomic E-state index is 5.29. The maximum atomic E-state index is 5.29. The highest BCUT2D eigenvalue weighted by atomic mass is 79.9. The molecule has 4 heteroatoms. The molecule has 0 saturated carbocycles. The molecule has 0 aliphatic carbocycles. The molecule has 0 unspecified atom stereocenters. The fourth-order valence-electron chi connectivity index (χ4n) is 1.51. The molecule has 14 heavy (non-hydrogen) atoms. The average molecular weight is 251 g/mol. The Kier molecular flexibility index (Phi) is 2.21. The molecule has 3 aromatic rings. The molecule has 2 heterocycles. The lowest BCUT2D eigenvalue weighted by Gasteiger charge is -1.89. The van der Waals surface area contributed by atoms with Gasteiger partial charge in [0.2, 0.25) is 5.58 Å². The van der Waals surface area contributed by atoms with Crippen LogP contribution in [0, 0.1) is 0 Å². The fraction of sp³-hybridized carbons (Fsp3) is 0. The van der Waals surface area contributed by atoms with Gasteiger partial charge in [-0.05, 0) is 18.2 Å². The van der Waals surface area contributed by atoms with Gasteiger partial charge >= 0.3 is 0 Å². The Labute approximate surface area is 90.5 Å². The van der Waals surface area contributed by atoms with Crippen LogP contribution in [-0.2, 0) is 0 Å². The number of pyridine rings is 1. The minimum atomic E-state index is 0. The van der Waals surface area contributed by atoms with Crippen molar-refractivity contribution < 1.29 is 26.4 Å². The van der Waals surface area contributed by atoms with E-state index in [-0.39, 0.29) is 17.0 Å². The lowest BCUT2D eigenvalue weighted by molar-refractivity contribution is -0.343. The Bertz CT molecular complexity index is 576. The van der Waals surface area contributed by atoms with Crippen molar-refractivity contribution in [2.75, 3.05) is 0 Å². The highest BCUT2D eigenvalue weighted by Gasteiger charge is 2.08. The van der Waals surface area contributed by atoms with Crippen molar-refractivity contribution in [2.45, 2.75) is 0 Å². The Morgan fingerprint density at radius 1 is 1.21 bits per heavy atom. The van der Waals surface area contributed by atoms with Crippen LogP contribution >= 0.6 is 0 Å². The first-order chi connectivity index (χ1) is 6.45. The molecule has 70 valence electrons. The molecular formula is C10H7BrN2O. The number of nitrogens with zero attached hydrogens (tertiary/aromatic N) is 1. The van der Waals surface area contributed by atoms with E-state index in [1.165, 1.54) is 6.39 Å². The van der Waals surface area contributed by atoms with Crippen LogP contribution in [0.4, 0.5) is 0 Å². The number of aromatic amines is 1. The van der Waals surface area contributed by atoms with Crippen molar-refractivity contribution in [1.82, 2.24) is 4.98 Å². The van der Waals surface area contributed by atoms with Gasteiger partial charge in [0.15, 0.2) is 12.6 Å². The van der Waals surface area contributed by atoms with E-state index in [4.69, 9.17) is 4.42 Å². The van der Waals surface area contributed by atoms with E-state index in [2.05, 4.69) is 9.97 Å². The second-order valence-electron chi connectivity index (χ2n) is 2.90. The molecule has 3 nitrogen and oxygen atoms in total. The third kappa shape index (κ3) is 1.19. The first-order valence-electron chi connectivity index (χ1n) is 4.08. The predicted octanol–water partition coefficient (Wildman–Crippen LogP) is -1.20. The molecule has 0 fully saturated rings. The minimum Gasteiger partial charge on any atom is -1.00 e. The first kappa shape index (κ1) is 9.15. The van der Waals surface area contributed by atoms with Crippen molar-refractivity contribution in [3.8, 4) is 0 Å². The van der Waals surface area contributed by atoms with Gasteiger partial charge in [0.1, 0.15) is 5.52 Å². The SMILES string of the molecule is [Br-].c1c[nH+]c2c(c1)ccc1ncoc12. The molecule has 0 amide bonds. The van der Waals surface area contributed by atoms with E-state index in [9.17, 15) is 0 Å². The van der Waals surface area contributed by atoms with Gasteiger partial charge < -0.3 is 21.4 Å². The van der Waals surface area contributed by atoms with E-state index < -0.39 is 0 Å². The number of hydrogen-bond acceptors (Lipinski definition) is 2. The highest BCUT2D eigenvalue weighted by Crippen LogP contribution is 2.19. The van der Waals surface area contributed by atoms with Crippen LogP contribution < -0.4 is 22.0 Å². The number of hydrogen-bond donors (Lipinski definition) is 0. The van der Waals surface area contributed by atoms with Gasteiger partial charge in [-0.25, -0.2) is 9.97 Å². The van der Waals surface area contributed by atoms with E-state index in [1.54, 1.807) is 0 Å². The smallest absolute Gasteiger partial charge is 0.256 e. The number of oxazole rings is 1. The predicted molar refractivity (Wildman–Crippen MR) is 48.1 cm³/mol. The Morgan fingerprint density at radius 2 is 2.14 bits per heavy atom. The second kappa shape index (κ2) is 3.38. The summed E-state index contributed by atoms with van der Waals surface area (Å²) >= 11 is 0.